The molecule has 2 aromatic carbocycles. The van der Waals surface area contributed by atoms with Crippen LogP contribution in [0.4, 0.5) is 0 Å². The van der Waals surface area contributed by atoms with E-state index in [9.17, 15) is 5.11 Å². The highest BCUT2D eigenvalue weighted by atomic mass is 16.7. The number of ether oxygens (including phenoxy) is 2. The summed E-state index contributed by atoms with van der Waals surface area (Å²) in [6.45, 7) is 4.59. The zero-order valence-electron chi connectivity index (χ0n) is 14.3. The number of benzene rings is 2. The Kier molecular flexibility index (Phi) is 4.01. The summed E-state index contributed by atoms with van der Waals surface area (Å²) in [4.78, 5) is 0. The highest BCUT2D eigenvalue weighted by Gasteiger charge is 2.27. The lowest BCUT2D eigenvalue weighted by atomic mass is 9.97. The first-order valence-electron chi connectivity index (χ1n) is 8.54. The fourth-order valence-corrected chi connectivity index (χ4v) is 3.20. The van der Waals surface area contributed by atoms with E-state index in [1.54, 1.807) is 6.07 Å². The summed E-state index contributed by atoms with van der Waals surface area (Å²) in [5.74, 6) is 2.21. The van der Waals surface area contributed by atoms with Gasteiger partial charge in [0.2, 0.25) is 6.79 Å². The van der Waals surface area contributed by atoms with E-state index in [0.29, 0.717) is 11.7 Å². The molecule has 2 heterocycles. The Morgan fingerprint density at radius 3 is 2.68 bits per heavy atom. The van der Waals surface area contributed by atoms with Gasteiger partial charge in [0.15, 0.2) is 11.5 Å². The Balaban J connectivity index is 1.73. The van der Waals surface area contributed by atoms with Gasteiger partial charge >= 0.3 is 0 Å². The standard InChI is InChI=1S/C20H22N2O3/c1-12(2)20-21-15(13-7-8-18-19(9-13)25-11-24-18)10-16(22-20)14-5-3-4-6-17(14)23/h3-10,12,16,20-23H,11H2,1-2H3. The van der Waals surface area contributed by atoms with E-state index in [1.807, 2.05) is 36.4 Å². The van der Waals surface area contributed by atoms with Gasteiger partial charge < -0.3 is 19.9 Å². The second kappa shape index (κ2) is 6.33. The van der Waals surface area contributed by atoms with Gasteiger partial charge in [-0.1, -0.05) is 32.0 Å². The number of phenolic OH excluding ortho intramolecular Hbond substituents is 1. The van der Waals surface area contributed by atoms with Gasteiger partial charge in [0.25, 0.3) is 0 Å². The topological polar surface area (TPSA) is 62.8 Å². The molecule has 130 valence electrons. The van der Waals surface area contributed by atoms with Crippen LogP contribution in [-0.2, 0) is 0 Å². The number of phenols is 1. The van der Waals surface area contributed by atoms with E-state index in [0.717, 1.165) is 28.3 Å². The Morgan fingerprint density at radius 1 is 1.08 bits per heavy atom. The Labute approximate surface area is 147 Å². The van der Waals surface area contributed by atoms with Crippen molar-refractivity contribution in [2.75, 3.05) is 6.79 Å². The molecule has 2 aromatic rings. The molecule has 0 bridgehead atoms. The highest BCUT2D eigenvalue weighted by Crippen LogP contribution is 2.36. The number of nitrogens with one attached hydrogen (secondary N) is 2. The van der Waals surface area contributed by atoms with Crippen molar-refractivity contribution in [3.63, 3.8) is 0 Å². The molecule has 0 fully saturated rings. The molecule has 2 aliphatic rings. The third-order valence-electron chi connectivity index (χ3n) is 4.63. The van der Waals surface area contributed by atoms with Crippen molar-refractivity contribution in [1.29, 1.82) is 0 Å². The largest absolute Gasteiger partial charge is 0.508 e. The monoisotopic (exact) mass is 338 g/mol. The molecule has 25 heavy (non-hydrogen) atoms. The Morgan fingerprint density at radius 2 is 1.88 bits per heavy atom. The summed E-state index contributed by atoms with van der Waals surface area (Å²) in [6.07, 6.45) is 2.20. The first-order valence-corrected chi connectivity index (χ1v) is 8.54. The molecule has 2 aliphatic heterocycles. The van der Waals surface area contributed by atoms with Gasteiger partial charge in [0.1, 0.15) is 5.75 Å². The number of fused-ring (bicyclic) bond motifs is 1. The van der Waals surface area contributed by atoms with Crippen LogP contribution in [0.2, 0.25) is 0 Å². The summed E-state index contributed by atoms with van der Waals surface area (Å²) in [7, 11) is 0. The molecule has 5 heteroatoms. The van der Waals surface area contributed by atoms with Crippen molar-refractivity contribution >= 4 is 5.70 Å². The highest BCUT2D eigenvalue weighted by molar-refractivity contribution is 5.69. The van der Waals surface area contributed by atoms with Crippen LogP contribution in [0.25, 0.3) is 5.70 Å². The van der Waals surface area contributed by atoms with Crippen LogP contribution in [0, 0.1) is 5.92 Å². The van der Waals surface area contributed by atoms with Crippen LogP contribution in [0.5, 0.6) is 17.2 Å². The lowest BCUT2D eigenvalue weighted by Gasteiger charge is -2.35. The number of aromatic hydroxyl groups is 1. The molecule has 0 saturated carbocycles. The summed E-state index contributed by atoms with van der Waals surface area (Å²) >= 11 is 0. The maximum absolute atomic E-state index is 10.2. The smallest absolute Gasteiger partial charge is 0.231 e. The molecule has 0 spiro atoms. The van der Waals surface area contributed by atoms with E-state index in [2.05, 4.69) is 30.6 Å². The fourth-order valence-electron chi connectivity index (χ4n) is 3.20. The van der Waals surface area contributed by atoms with E-state index in [1.165, 1.54) is 0 Å². The van der Waals surface area contributed by atoms with Gasteiger partial charge in [-0.2, -0.15) is 0 Å². The SMILES string of the molecule is CC(C)C1NC(c2ccc3c(c2)OCO3)=CC(c2ccccc2O)N1. The van der Waals surface area contributed by atoms with E-state index in [4.69, 9.17) is 9.47 Å². The molecule has 0 saturated heterocycles. The minimum absolute atomic E-state index is 0.0738. The van der Waals surface area contributed by atoms with Gasteiger partial charge in [0.05, 0.1) is 12.2 Å². The maximum atomic E-state index is 10.2. The molecule has 0 amide bonds. The summed E-state index contributed by atoms with van der Waals surface area (Å²) in [5, 5.41) is 17.4. The molecule has 3 N–H and O–H groups in total. The normalized spacial score (nSPS) is 21.8. The van der Waals surface area contributed by atoms with Crippen molar-refractivity contribution in [3.8, 4) is 17.2 Å². The summed E-state index contributed by atoms with van der Waals surface area (Å²) in [6, 6.07) is 13.3. The predicted molar refractivity (Wildman–Crippen MR) is 96.3 cm³/mol. The van der Waals surface area contributed by atoms with Crippen LogP contribution in [0.3, 0.4) is 0 Å². The zero-order valence-corrected chi connectivity index (χ0v) is 14.3. The lowest BCUT2D eigenvalue weighted by molar-refractivity contribution is 0.174. The first kappa shape index (κ1) is 15.8. The van der Waals surface area contributed by atoms with Crippen molar-refractivity contribution in [1.82, 2.24) is 10.6 Å². The number of para-hydroxylation sites is 1. The molecule has 2 atom stereocenters. The van der Waals surface area contributed by atoms with Crippen molar-refractivity contribution < 1.29 is 14.6 Å². The van der Waals surface area contributed by atoms with Crippen molar-refractivity contribution in [3.05, 3.63) is 59.7 Å². The van der Waals surface area contributed by atoms with E-state index in [-0.39, 0.29) is 19.0 Å². The molecule has 2 unspecified atom stereocenters. The van der Waals surface area contributed by atoms with E-state index >= 15 is 0 Å². The summed E-state index contributed by atoms with van der Waals surface area (Å²) < 4.78 is 10.9. The van der Waals surface area contributed by atoms with Crippen molar-refractivity contribution in [2.45, 2.75) is 26.1 Å². The first-order chi connectivity index (χ1) is 12.1. The zero-order chi connectivity index (χ0) is 17.4. The molecular weight excluding hydrogens is 316 g/mol. The number of hydrogen-bond donors (Lipinski definition) is 3. The fraction of sp³-hybridized carbons (Fsp3) is 0.300. The third kappa shape index (κ3) is 3.03. The average molecular weight is 338 g/mol. The summed E-state index contributed by atoms with van der Waals surface area (Å²) in [5.41, 5.74) is 2.92. The van der Waals surface area contributed by atoms with Crippen LogP contribution in [0.1, 0.15) is 31.0 Å². The molecule has 0 aliphatic carbocycles. The van der Waals surface area contributed by atoms with Crippen LogP contribution < -0.4 is 20.1 Å². The quantitative estimate of drug-likeness (QED) is 0.801. The van der Waals surface area contributed by atoms with Gasteiger partial charge in [-0.05, 0) is 36.3 Å². The number of rotatable bonds is 3. The Hall–Kier alpha value is -2.66. The van der Waals surface area contributed by atoms with Crippen LogP contribution in [0.15, 0.2) is 48.5 Å². The predicted octanol–water partition coefficient (Wildman–Crippen LogP) is 3.38. The molecule has 4 rings (SSSR count). The van der Waals surface area contributed by atoms with Crippen LogP contribution in [-0.4, -0.2) is 18.1 Å². The second-order valence-corrected chi connectivity index (χ2v) is 6.72. The minimum Gasteiger partial charge on any atom is -0.508 e. The molecule has 0 radical (unpaired) electrons. The third-order valence-corrected chi connectivity index (χ3v) is 4.63. The molecule has 5 nitrogen and oxygen atoms in total. The second-order valence-electron chi connectivity index (χ2n) is 6.72. The van der Waals surface area contributed by atoms with Crippen molar-refractivity contribution in [2.24, 2.45) is 5.92 Å². The molecule has 0 aromatic heterocycles. The number of hydrogen-bond acceptors (Lipinski definition) is 5. The minimum atomic E-state index is -0.0738. The van der Waals surface area contributed by atoms with Crippen LogP contribution >= 0.6 is 0 Å². The van der Waals surface area contributed by atoms with E-state index < -0.39 is 0 Å². The lowest BCUT2D eigenvalue weighted by Crippen LogP contribution is -2.49. The maximum Gasteiger partial charge on any atom is 0.231 e. The van der Waals surface area contributed by atoms with Gasteiger partial charge in [0, 0.05) is 16.8 Å². The van der Waals surface area contributed by atoms with Gasteiger partial charge in [-0.25, -0.2) is 0 Å². The molecular formula is C20H22N2O3. The van der Waals surface area contributed by atoms with Gasteiger partial charge in [-0.15, -0.1) is 0 Å². The average Bonchev–Trinajstić information content (AvgIpc) is 3.09. The Bertz CT molecular complexity index is 816. The van der Waals surface area contributed by atoms with Gasteiger partial charge in [-0.3, -0.25) is 5.32 Å².